The van der Waals surface area contributed by atoms with E-state index in [2.05, 4.69) is 5.32 Å². The van der Waals surface area contributed by atoms with Crippen LogP contribution in [-0.2, 0) is 11.2 Å². The highest BCUT2D eigenvalue weighted by Gasteiger charge is 2.27. The van der Waals surface area contributed by atoms with Crippen molar-refractivity contribution in [3.8, 4) is 5.75 Å². The zero-order valence-corrected chi connectivity index (χ0v) is 13.7. The summed E-state index contributed by atoms with van der Waals surface area (Å²) in [5.74, 6) is 0.544. The molecule has 0 spiro atoms. The van der Waals surface area contributed by atoms with Crippen molar-refractivity contribution in [1.29, 1.82) is 0 Å². The number of methoxy groups -OCH3 is 1. The summed E-state index contributed by atoms with van der Waals surface area (Å²) in [6.45, 7) is 2.01. The van der Waals surface area contributed by atoms with Crippen molar-refractivity contribution >= 4 is 5.91 Å². The molecule has 1 amide bonds. The Morgan fingerprint density at radius 2 is 2.08 bits per heavy atom. The number of ether oxygens (including phenoxy) is 1. The van der Waals surface area contributed by atoms with Gasteiger partial charge in [0, 0.05) is 19.6 Å². The molecule has 0 aliphatic carbocycles. The maximum atomic E-state index is 13.5. The van der Waals surface area contributed by atoms with Crippen LogP contribution in [0.4, 0.5) is 4.39 Å². The van der Waals surface area contributed by atoms with Gasteiger partial charge in [0.1, 0.15) is 11.6 Å². The highest BCUT2D eigenvalue weighted by molar-refractivity contribution is 5.79. The Morgan fingerprint density at radius 3 is 2.79 bits per heavy atom. The normalized spacial score (nSPS) is 17.6. The average Bonchev–Trinajstić information content (AvgIpc) is 2.62. The summed E-state index contributed by atoms with van der Waals surface area (Å²) in [6, 6.07) is 13.8. The lowest BCUT2D eigenvalue weighted by atomic mass is 10.0. The van der Waals surface area contributed by atoms with Crippen LogP contribution in [0.5, 0.6) is 5.75 Å². The molecule has 2 aromatic carbocycles. The molecule has 1 heterocycles. The Morgan fingerprint density at radius 1 is 1.29 bits per heavy atom. The molecule has 3 rings (SSSR count). The molecule has 1 unspecified atom stereocenters. The van der Waals surface area contributed by atoms with Crippen molar-refractivity contribution < 1.29 is 13.9 Å². The van der Waals surface area contributed by atoms with Crippen molar-refractivity contribution in [1.82, 2.24) is 10.2 Å². The number of nitrogens with one attached hydrogen (secondary N) is 1. The van der Waals surface area contributed by atoms with E-state index in [0.717, 1.165) is 23.4 Å². The molecule has 1 fully saturated rings. The minimum atomic E-state index is -0.277. The van der Waals surface area contributed by atoms with Crippen molar-refractivity contribution in [3.05, 3.63) is 65.5 Å². The zero-order valence-electron chi connectivity index (χ0n) is 13.7. The van der Waals surface area contributed by atoms with Crippen LogP contribution in [0.3, 0.4) is 0 Å². The zero-order chi connectivity index (χ0) is 16.9. The topological polar surface area (TPSA) is 41.6 Å². The van der Waals surface area contributed by atoms with Gasteiger partial charge in [0.15, 0.2) is 0 Å². The Hall–Kier alpha value is -2.40. The molecule has 0 bridgehead atoms. The molecule has 1 N–H and O–H groups in total. The Bertz CT molecular complexity index is 703. The summed E-state index contributed by atoms with van der Waals surface area (Å²) in [4.78, 5) is 14.6. The van der Waals surface area contributed by atoms with E-state index < -0.39 is 0 Å². The molecule has 2 aromatic rings. The molecule has 1 atom stereocenters. The van der Waals surface area contributed by atoms with Crippen LogP contribution in [-0.4, -0.2) is 37.6 Å². The van der Waals surface area contributed by atoms with Gasteiger partial charge < -0.3 is 15.0 Å². The summed E-state index contributed by atoms with van der Waals surface area (Å²) in [6.07, 6.45) is 0.329. The summed E-state index contributed by atoms with van der Waals surface area (Å²) < 4.78 is 18.7. The van der Waals surface area contributed by atoms with Gasteiger partial charge >= 0.3 is 0 Å². The second kappa shape index (κ2) is 7.45. The molecule has 24 heavy (non-hydrogen) atoms. The first-order valence-electron chi connectivity index (χ1n) is 8.06. The van der Waals surface area contributed by atoms with Crippen molar-refractivity contribution in [3.63, 3.8) is 0 Å². The van der Waals surface area contributed by atoms with Crippen molar-refractivity contribution in [2.45, 2.75) is 12.5 Å². The van der Waals surface area contributed by atoms with Crippen LogP contribution in [0.2, 0.25) is 0 Å². The summed E-state index contributed by atoms with van der Waals surface area (Å²) in [7, 11) is 1.62. The van der Waals surface area contributed by atoms with Crippen LogP contribution in [0.1, 0.15) is 17.2 Å². The SMILES string of the molecule is COc1ccc(CC(=O)N2CCNCC2c2cccc(F)c2)cc1. The summed E-state index contributed by atoms with van der Waals surface area (Å²) >= 11 is 0. The van der Waals surface area contributed by atoms with E-state index >= 15 is 0 Å². The Balaban J connectivity index is 1.75. The van der Waals surface area contributed by atoms with E-state index in [4.69, 9.17) is 4.74 Å². The molecule has 0 saturated carbocycles. The second-order valence-electron chi connectivity index (χ2n) is 5.89. The third kappa shape index (κ3) is 3.74. The van der Waals surface area contributed by atoms with Gasteiger partial charge in [-0.2, -0.15) is 0 Å². The van der Waals surface area contributed by atoms with Gasteiger partial charge in [0.2, 0.25) is 5.91 Å². The highest BCUT2D eigenvalue weighted by Crippen LogP contribution is 2.24. The molecular formula is C19H21FN2O2. The monoisotopic (exact) mass is 328 g/mol. The largest absolute Gasteiger partial charge is 0.497 e. The van der Waals surface area contributed by atoms with Gasteiger partial charge in [-0.25, -0.2) is 4.39 Å². The summed E-state index contributed by atoms with van der Waals surface area (Å²) in [5, 5.41) is 3.28. The Labute approximate surface area is 141 Å². The first-order valence-corrected chi connectivity index (χ1v) is 8.06. The number of amides is 1. The highest BCUT2D eigenvalue weighted by atomic mass is 19.1. The number of hydrogen-bond donors (Lipinski definition) is 1. The lowest BCUT2D eigenvalue weighted by Gasteiger charge is -2.36. The molecule has 4 nitrogen and oxygen atoms in total. The number of hydrogen-bond acceptors (Lipinski definition) is 3. The van der Waals surface area contributed by atoms with Gasteiger partial charge in [-0.05, 0) is 35.4 Å². The maximum Gasteiger partial charge on any atom is 0.227 e. The minimum Gasteiger partial charge on any atom is -0.497 e. The van der Waals surface area contributed by atoms with Crippen LogP contribution < -0.4 is 10.1 Å². The van der Waals surface area contributed by atoms with Gasteiger partial charge in [-0.1, -0.05) is 24.3 Å². The Kier molecular flexibility index (Phi) is 5.11. The van der Waals surface area contributed by atoms with Gasteiger partial charge in [-0.15, -0.1) is 0 Å². The minimum absolute atomic E-state index is 0.0518. The van der Waals surface area contributed by atoms with E-state index in [1.54, 1.807) is 13.2 Å². The number of carbonyl (C=O) groups excluding carboxylic acids is 1. The number of benzene rings is 2. The van der Waals surface area contributed by atoms with Gasteiger partial charge in [0.05, 0.1) is 19.6 Å². The van der Waals surface area contributed by atoms with E-state index in [-0.39, 0.29) is 17.8 Å². The smallest absolute Gasteiger partial charge is 0.227 e. The lowest BCUT2D eigenvalue weighted by molar-refractivity contribution is -0.133. The maximum absolute atomic E-state index is 13.5. The van der Waals surface area contributed by atoms with Crippen LogP contribution in [0.25, 0.3) is 0 Å². The van der Waals surface area contributed by atoms with Crippen LogP contribution in [0, 0.1) is 5.82 Å². The number of rotatable bonds is 4. The molecule has 1 aliphatic rings. The second-order valence-corrected chi connectivity index (χ2v) is 5.89. The lowest BCUT2D eigenvalue weighted by Crippen LogP contribution is -2.49. The average molecular weight is 328 g/mol. The van der Waals surface area contributed by atoms with Crippen molar-refractivity contribution in [2.24, 2.45) is 0 Å². The third-order valence-corrected chi connectivity index (χ3v) is 4.31. The van der Waals surface area contributed by atoms with E-state index in [0.29, 0.717) is 19.5 Å². The van der Waals surface area contributed by atoms with E-state index in [1.807, 2.05) is 35.2 Å². The van der Waals surface area contributed by atoms with E-state index in [9.17, 15) is 9.18 Å². The molecular weight excluding hydrogens is 307 g/mol. The summed E-state index contributed by atoms with van der Waals surface area (Å²) in [5.41, 5.74) is 1.77. The third-order valence-electron chi connectivity index (χ3n) is 4.31. The van der Waals surface area contributed by atoms with E-state index in [1.165, 1.54) is 12.1 Å². The van der Waals surface area contributed by atoms with Crippen LogP contribution in [0.15, 0.2) is 48.5 Å². The molecule has 1 aliphatic heterocycles. The first kappa shape index (κ1) is 16.5. The quantitative estimate of drug-likeness (QED) is 0.938. The predicted octanol–water partition coefficient (Wildman–Crippen LogP) is 2.55. The molecule has 5 heteroatoms. The van der Waals surface area contributed by atoms with Crippen molar-refractivity contribution in [2.75, 3.05) is 26.7 Å². The fourth-order valence-electron chi connectivity index (χ4n) is 3.03. The van der Waals surface area contributed by atoms with Gasteiger partial charge in [0.25, 0.3) is 0 Å². The molecule has 1 saturated heterocycles. The molecule has 126 valence electrons. The number of carbonyl (C=O) groups is 1. The predicted molar refractivity (Wildman–Crippen MR) is 90.4 cm³/mol. The fraction of sp³-hybridized carbons (Fsp3) is 0.316. The van der Waals surface area contributed by atoms with Crippen LogP contribution >= 0.6 is 0 Å². The first-order chi connectivity index (χ1) is 11.7. The number of piperazine rings is 1. The molecule has 0 radical (unpaired) electrons. The number of nitrogens with zero attached hydrogens (tertiary/aromatic N) is 1. The number of halogens is 1. The standard InChI is InChI=1S/C19H21FN2O2/c1-24-17-7-5-14(6-8-17)11-19(23)22-10-9-21-13-18(22)15-3-2-4-16(20)12-15/h2-8,12,18,21H,9-11,13H2,1H3. The van der Waals surface area contributed by atoms with Gasteiger partial charge in [-0.3, -0.25) is 4.79 Å². The fourth-order valence-corrected chi connectivity index (χ4v) is 3.03. The molecule has 0 aromatic heterocycles.